The first-order valence-electron chi connectivity index (χ1n) is 6.81. The maximum Gasteiger partial charge on any atom is 0.188 e. The Morgan fingerprint density at radius 2 is 2.00 bits per heavy atom. The summed E-state index contributed by atoms with van der Waals surface area (Å²) in [4.78, 5) is 4.36. The molecular formula is C15H25N3O. The van der Waals surface area contributed by atoms with Crippen molar-refractivity contribution in [2.75, 3.05) is 13.2 Å². The number of aliphatic imine (C=N–C) groups is 1. The van der Waals surface area contributed by atoms with Gasteiger partial charge >= 0.3 is 0 Å². The lowest BCUT2D eigenvalue weighted by Crippen LogP contribution is -2.34. The van der Waals surface area contributed by atoms with Crippen LogP contribution < -0.4 is 11.1 Å². The van der Waals surface area contributed by atoms with Crippen molar-refractivity contribution in [1.29, 1.82) is 0 Å². The molecule has 0 aromatic heterocycles. The quantitative estimate of drug-likeness (QED) is 0.586. The zero-order valence-corrected chi connectivity index (χ0v) is 12.1. The summed E-state index contributed by atoms with van der Waals surface area (Å²) in [6.07, 6.45) is 0. The van der Waals surface area contributed by atoms with Crippen LogP contribution in [0.5, 0.6) is 0 Å². The summed E-state index contributed by atoms with van der Waals surface area (Å²) >= 11 is 0. The molecule has 106 valence electrons. The molecule has 0 aliphatic rings. The van der Waals surface area contributed by atoms with Crippen LogP contribution in [0.25, 0.3) is 0 Å². The van der Waals surface area contributed by atoms with Crippen molar-refractivity contribution >= 4 is 5.96 Å². The van der Waals surface area contributed by atoms with Gasteiger partial charge in [0.05, 0.1) is 13.2 Å². The Bertz CT molecular complexity index is 402. The van der Waals surface area contributed by atoms with Crippen molar-refractivity contribution in [2.45, 2.75) is 33.9 Å². The van der Waals surface area contributed by atoms with Crippen LogP contribution in [0.2, 0.25) is 0 Å². The van der Waals surface area contributed by atoms with E-state index in [-0.39, 0.29) is 0 Å². The predicted octanol–water partition coefficient (Wildman–Crippen LogP) is 2.28. The van der Waals surface area contributed by atoms with Crippen LogP contribution >= 0.6 is 0 Å². The summed E-state index contributed by atoms with van der Waals surface area (Å²) in [6.45, 7) is 9.04. The minimum atomic E-state index is 0.500. The minimum absolute atomic E-state index is 0.500. The number of hydrogen-bond acceptors (Lipinski definition) is 2. The summed E-state index contributed by atoms with van der Waals surface area (Å²) in [5.41, 5.74) is 8.16. The van der Waals surface area contributed by atoms with Gasteiger partial charge in [-0.2, -0.15) is 0 Å². The average Bonchev–Trinajstić information content (AvgIpc) is 2.41. The zero-order valence-electron chi connectivity index (χ0n) is 12.1. The van der Waals surface area contributed by atoms with E-state index in [1.807, 2.05) is 19.1 Å². The normalized spacial score (nSPS) is 11.9. The minimum Gasteiger partial charge on any atom is -0.377 e. The highest BCUT2D eigenvalue weighted by Crippen LogP contribution is 2.11. The third kappa shape index (κ3) is 6.25. The molecule has 4 heteroatoms. The average molecular weight is 263 g/mol. The SMILES string of the molecule is CCOCc1ccccc1CN=C(N)NCC(C)C. The number of ether oxygens (including phenoxy) is 1. The van der Waals surface area contributed by atoms with E-state index in [0.29, 0.717) is 25.0 Å². The van der Waals surface area contributed by atoms with Crippen molar-refractivity contribution in [1.82, 2.24) is 5.32 Å². The number of nitrogens with two attached hydrogens (primary N) is 1. The van der Waals surface area contributed by atoms with Gasteiger partial charge in [0.25, 0.3) is 0 Å². The number of benzene rings is 1. The zero-order chi connectivity index (χ0) is 14.1. The van der Waals surface area contributed by atoms with Gasteiger partial charge in [0.2, 0.25) is 0 Å². The molecule has 0 saturated carbocycles. The van der Waals surface area contributed by atoms with E-state index < -0.39 is 0 Å². The maximum atomic E-state index is 5.83. The van der Waals surface area contributed by atoms with Gasteiger partial charge in [0.1, 0.15) is 0 Å². The highest BCUT2D eigenvalue weighted by molar-refractivity contribution is 5.77. The highest BCUT2D eigenvalue weighted by atomic mass is 16.5. The monoisotopic (exact) mass is 263 g/mol. The Labute approximate surface area is 116 Å². The maximum absolute atomic E-state index is 5.83. The van der Waals surface area contributed by atoms with Crippen LogP contribution in [-0.2, 0) is 17.9 Å². The first kappa shape index (κ1) is 15.5. The number of guanidine groups is 1. The van der Waals surface area contributed by atoms with E-state index in [1.165, 1.54) is 5.56 Å². The summed E-state index contributed by atoms with van der Waals surface area (Å²) in [6, 6.07) is 8.16. The van der Waals surface area contributed by atoms with Crippen LogP contribution in [0, 0.1) is 5.92 Å². The first-order valence-corrected chi connectivity index (χ1v) is 6.81. The molecule has 0 heterocycles. The van der Waals surface area contributed by atoms with Gasteiger partial charge in [-0.25, -0.2) is 4.99 Å². The molecular weight excluding hydrogens is 238 g/mol. The number of nitrogens with zero attached hydrogens (tertiary/aromatic N) is 1. The summed E-state index contributed by atoms with van der Waals surface area (Å²) in [5.74, 6) is 1.05. The molecule has 0 atom stereocenters. The molecule has 3 N–H and O–H groups in total. The van der Waals surface area contributed by atoms with E-state index in [9.17, 15) is 0 Å². The molecule has 1 aromatic rings. The molecule has 0 amide bonds. The molecule has 1 rings (SSSR count). The predicted molar refractivity (Wildman–Crippen MR) is 79.9 cm³/mol. The second kappa shape index (κ2) is 8.53. The summed E-state index contributed by atoms with van der Waals surface area (Å²) < 4.78 is 5.45. The molecule has 0 radical (unpaired) electrons. The Hall–Kier alpha value is -1.55. The van der Waals surface area contributed by atoms with Gasteiger partial charge in [-0.1, -0.05) is 38.1 Å². The van der Waals surface area contributed by atoms with E-state index in [2.05, 4.69) is 36.3 Å². The van der Waals surface area contributed by atoms with Gasteiger partial charge < -0.3 is 15.8 Å². The molecule has 4 nitrogen and oxygen atoms in total. The fourth-order valence-corrected chi connectivity index (χ4v) is 1.60. The van der Waals surface area contributed by atoms with Crippen molar-refractivity contribution < 1.29 is 4.74 Å². The van der Waals surface area contributed by atoms with Crippen LogP contribution in [0.1, 0.15) is 31.9 Å². The number of nitrogens with one attached hydrogen (secondary N) is 1. The second-order valence-corrected chi connectivity index (χ2v) is 4.88. The van der Waals surface area contributed by atoms with Crippen LogP contribution in [0.4, 0.5) is 0 Å². The molecule has 0 unspecified atom stereocenters. The molecule has 1 aromatic carbocycles. The Morgan fingerprint density at radius 3 is 2.63 bits per heavy atom. The smallest absolute Gasteiger partial charge is 0.188 e. The van der Waals surface area contributed by atoms with Gasteiger partial charge in [-0.05, 0) is 24.0 Å². The number of hydrogen-bond donors (Lipinski definition) is 2. The summed E-state index contributed by atoms with van der Waals surface area (Å²) in [7, 11) is 0. The van der Waals surface area contributed by atoms with Gasteiger partial charge in [0.15, 0.2) is 5.96 Å². The van der Waals surface area contributed by atoms with Gasteiger partial charge in [0, 0.05) is 13.2 Å². The Balaban J connectivity index is 2.58. The van der Waals surface area contributed by atoms with Crippen LogP contribution in [0.15, 0.2) is 29.3 Å². The fraction of sp³-hybridized carbons (Fsp3) is 0.533. The standard InChI is InChI=1S/C15H25N3O/c1-4-19-11-14-8-6-5-7-13(14)10-18-15(16)17-9-12(2)3/h5-8,12H,4,9-11H2,1-3H3,(H3,16,17,18). The largest absolute Gasteiger partial charge is 0.377 e. The van der Waals surface area contributed by atoms with E-state index in [4.69, 9.17) is 10.5 Å². The van der Waals surface area contributed by atoms with E-state index in [1.54, 1.807) is 0 Å². The van der Waals surface area contributed by atoms with E-state index in [0.717, 1.165) is 18.7 Å². The van der Waals surface area contributed by atoms with E-state index >= 15 is 0 Å². The van der Waals surface area contributed by atoms with Crippen molar-refractivity contribution in [3.8, 4) is 0 Å². The molecule has 0 bridgehead atoms. The van der Waals surface area contributed by atoms with Crippen LogP contribution in [-0.4, -0.2) is 19.1 Å². The van der Waals surface area contributed by atoms with Crippen molar-refractivity contribution in [3.05, 3.63) is 35.4 Å². The molecule has 19 heavy (non-hydrogen) atoms. The molecule has 0 aliphatic heterocycles. The molecule has 0 aliphatic carbocycles. The highest BCUT2D eigenvalue weighted by Gasteiger charge is 2.01. The van der Waals surface area contributed by atoms with Crippen molar-refractivity contribution in [2.24, 2.45) is 16.6 Å². The second-order valence-electron chi connectivity index (χ2n) is 4.88. The fourth-order valence-electron chi connectivity index (χ4n) is 1.60. The molecule has 0 saturated heterocycles. The van der Waals surface area contributed by atoms with Gasteiger partial charge in [-0.15, -0.1) is 0 Å². The lowest BCUT2D eigenvalue weighted by molar-refractivity contribution is 0.133. The Kier molecular flexibility index (Phi) is 6.97. The summed E-state index contributed by atoms with van der Waals surface area (Å²) in [5, 5.41) is 3.11. The Morgan fingerprint density at radius 1 is 1.32 bits per heavy atom. The first-order chi connectivity index (χ1) is 9.13. The third-order valence-electron chi connectivity index (χ3n) is 2.69. The lowest BCUT2D eigenvalue weighted by Gasteiger charge is -2.10. The third-order valence-corrected chi connectivity index (χ3v) is 2.69. The molecule has 0 spiro atoms. The number of rotatable bonds is 7. The van der Waals surface area contributed by atoms with Gasteiger partial charge in [-0.3, -0.25) is 0 Å². The molecule has 0 fully saturated rings. The lowest BCUT2D eigenvalue weighted by atomic mass is 10.1. The van der Waals surface area contributed by atoms with Crippen LogP contribution in [0.3, 0.4) is 0 Å². The topological polar surface area (TPSA) is 59.6 Å². The van der Waals surface area contributed by atoms with Crippen molar-refractivity contribution in [3.63, 3.8) is 0 Å².